The van der Waals surface area contributed by atoms with Gasteiger partial charge in [0.05, 0.1) is 0 Å². The van der Waals surface area contributed by atoms with Crippen LogP contribution in [0.2, 0.25) is 0 Å². The molecule has 0 aliphatic heterocycles. The minimum atomic E-state index is -1.18. The largest absolute Gasteiger partial charge is 0.507 e. The van der Waals surface area contributed by atoms with Crippen molar-refractivity contribution in [3.8, 4) is 5.75 Å². The summed E-state index contributed by atoms with van der Waals surface area (Å²) in [5.74, 6) is -1.47. The summed E-state index contributed by atoms with van der Waals surface area (Å²) in [5.41, 5.74) is 12.1. The minimum absolute atomic E-state index is 0.150. The molecule has 0 aliphatic carbocycles. The lowest BCUT2D eigenvalue weighted by Gasteiger charge is -2.15. The van der Waals surface area contributed by atoms with Gasteiger partial charge in [0.15, 0.2) is 0 Å². The van der Waals surface area contributed by atoms with Crippen LogP contribution in [0.1, 0.15) is 27.5 Å². The zero-order valence-corrected chi connectivity index (χ0v) is 8.40. The third-order valence-electron chi connectivity index (χ3n) is 2.29. The summed E-state index contributed by atoms with van der Waals surface area (Å²) >= 11 is 0. The van der Waals surface area contributed by atoms with E-state index < -0.39 is 12.0 Å². The van der Waals surface area contributed by atoms with E-state index >= 15 is 0 Å². The zero-order valence-electron chi connectivity index (χ0n) is 8.40. The predicted molar refractivity (Wildman–Crippen MR) is 55.8 cm³/mol. The molecule has 0 spiro atoms. The van der Waals surface area contributed by atoms with Gasteiger partial charge in [-0.15, -0.1) is 0 Å². The summed E-state index contributed by atoms with van der Waals surface area (Å²) in [6, 6.07) is 2.40. The fourth-order valence-electron chi connectivity index (χ4n) is 1.47. The number of aromatic hydroxyl groups is 1. The van der Waals surface area contributed by atoms with Crippen molar-refractivity contribution in [3.63, 3.8) is 0 Å². The molecule has 1 atom stereocenters. The van der Waals surface area contributed by atoms with E-state index in [9.17, 15) is 9.90 Å². The van der Waals surface area contributed by atoms with E-state index in [-0.39, 0.29) is 17.9 Å². The van der Waals surface area contributed by atoms with Crippen LogP contribution in [-0.2, 0) is 0 Å². The summed E-state index contributed by atoms with van der Waals surface area (Å²) < 4.78 is 0. The van der Waals surface area contributed by atoms with E-state index in [0.717, 1.165) is 5.56 Å². The number of carbonyl (C=O) groups is 1. The maximum Gasteiger partial charge on any atom is 0.339 e. The van der Waals surface area contributed by atoms with Crippen LogP contribution in [0.4, 0.5) is 0 Å². The number of aromatic carboxylic acids is 1. The van der Waals surface area contributed by atoms with Crippen molar-refractivity contribution in [1.29, 1.82) is 0 Å². The van der Waals surface area contributed by atoms with Crippen molar-refractivity contribution < 1.29 is 15.0 Å². The van der Waals surface area contributed by atoms with Crippen molar-refractivity contribution >= 4 is 5.97 Å². The van der Waals surface area contributed by atoms with Gasteiger partial charge in [0, 0.05) is 18.2 Å². The van der Waals surface area contributed by atoms with Gasteiger partial charge in [-0.05, 0) is 18.6 Å². The van der Waals surface area contributed by atoms with E-state index in [0.29, 0.717) is 5.56 Å². The van der Waals surface area contributed by atoms with Crippen molar-refractivity contribution in [1.82, 2.24) is 0 Å². The van der Waals surface area contributed by atoms with Crippen LogP contribution in [0.25, 0.3) is 0 Å². The van der Waals surface area contributed by atoms with Crippen LogP contribution >= 0.6 is 0 Å². The number of carboxylic acid groups (broad SMARTS) is 1. The van der Waals surface area contributed by atoms with Crippen LogP contribution in [0.5, 0.6) is 5.75 Å². The SMILES string of the molecule is Cc1ccc(C(=O)O)c(O)c1[C@@H](N)CN. The maximum atomic E-state index is 10.8. The van der Waals surface area contributed by atoms with Gasteiger partial charge in [-0.3, -0.25) is 0 Å². The van der Waals surface area contributed by atoms with Crippen LogP contribution in [0, 0.1) is 6.92 Å². The number of aryl methyl sites for hydroxylation is 1. The van der Waals surface area contributed by atoms with E-state index in [1.807, 2.05) is 0 Å². The second-order valence-electron chi connectivity index (χ2n) is 3.34. The third-order valence-corrected chi connectivity index (χ3v) is 2.29. The molecule has 0 amide bonds. The molecule has 0 saturated heterocycles. The first-order valence-electron chi connectivity index (χ1n) is 4.50. The van der Waals surface area contributed by atoms with Crippen molar-refractivity contribution in [2.45, 2.75) is 13.0 Å². The number of benzene rings is 1. The van der Waals surface area contributed by atoms with Crippen molar-refractivity contribution in [2.24, 2.45) is 11.5 Å². The van der Waals surface area contributed by atoms with E-state index in [1.54, 1.807) is 13.0 Å². The highest BCUT2D eigenvalue weighted by atomic mass is 16.4. The highest BCUT2D eigenvalue weighted by Gasteiger charge is 2.18. The Morgan fingerprint density at radius 1 is 1.53 bits per heavy atom. The molecule has 1 aromatic carbocycles. The molecule has 0 heterocycles. The lowest BCUT2D eigenvalue weighted by molar-refractivity contribution is 0.0693. The highest BCUT2D eigenvalue weighted by molar-refractivity contribution is 5.91. The summed E-state index contributed by atoms with van der Waals surface area (Å²) in [7, 11) is 0. The van der Waals surface area contributed by atoms with Crippen LogP contribution < -0.4 is 11.5 Å². The van der Waals surface area contributed by atoms with Crippen molar-refractivity contribution in [3.05, 3.63) is 28.8 Å². The quantitative estimate of drug-likeness (QED) is 0.575. The van der Waals surface area contributed by atoms with Gasteiger partial charge in [0.1, 0.15) is 11.3 Å². The molecule has 0 aromatic heterocycles. The molecule has 0 aliphatic rings. The Morgan fingerprint density at radius 2 is 2.13 bits per heavy atom. The van der Waals surface area contributed by atoms with Gasteiger partial charge < -0.3 is 21.7 Å². The average molecular weight is 210 g/mol. The van der Waals surface area contributed by atoms with Gasteiger partial charge in [-0.1, -0.05) is 6.07 Å². The number of hydrogen-bond donors (Lipinski definition) is 4. The lowest BCUT2D eigenvalue weighted by atomic mass is 9.97. The number of carboxylic acids is 1. The molecule has 0 saturated carbocycles. The fraction of sp³-hybridized carbons (Fsp3) is 0.300. The second-order valence-corrected chi connectivity index (χ2v) is 3.34. The Balaban J connectivity index is 3.36. The molecule has 0 radical (unpaired) electrons. The summed E-state index contributed by atoms with van der Waals surface area (Å²) in [4.78, 5) is 10.8. The molecule has 6 N–H and O–H groups in total. The Hall–Kier alpha value is -1.59. The van der Waals surface area contributed by atoms with Gasteiger partial charge in [-0.25, -0.2) is 4.79 Å². The average Bonchev–Trinajstić information content (AvgIpc) is 2.16. The van der Waals surface area contributed by atoms with Crippen molar-refractivity contribution in [2.75, 3.05) is 6.54 Å². The molecule has 5 nitrogen and oxygen atoms in total. The number of rotatable bonds is 3. The van der Waals surface area contributed by atoms with Crippen LogP contribution in [0.3, 0.4) is 0 Å². The van der Waals surface area contributed by atoms with Gasteiger partial charge in [-0.2, -0.15) is 0 Å². The van der Waals surface area contributed by atoms with E-state index in [1.165, 1.54) is 6.07 Å². The topological polar surface area (TPSA) is 110 Å². The molecule has 82 valence electrons. The molecule has 5 heteroatoms. The summed E-state index contributed by atoms with van der Waals surface area (Å²) in [5, 5.41) is 18.5. The normalized spacial score (nSPS) is 12.5. The van der Waals surface area contributed by atoms with Crippen LogP contribution in [0.15, 0.2) is 12.1 Å². The Morgan fingerprint density at radius 3 is 2.60 bits per heavy atom. The number of phenols is 1. The number of hydrogen-bond acceptors (Lipinski definition) is 4. The zero-order chi connectivity index (χ0) is 11.6. The molecule has 15 heavy (non-hydrogen) atoms. The monoisotopic (exact) mass is 210 g/mol. The molecular formula is C10H14N2O3. The van der Waals surface area contributed by atoms with Crippen LogP contribution in [-0.4, -0.2) is 22.7 Å². The van der Waals surface area contributed by atoms with E-state index in [2.05, 4.69) is 0 Å². The Kier molecular flexibility index (Phi) is 3.28. The molecule has 1 rings (SSSR count). The second kappa shape index (κ2) is 4.29. The third kappa shape index (κ3) is 2.08. The molecule has 0 bridgehead atoms. The number of nitrogens with two attached hydrogens (primary N) is 2. The highest BCUT2D eigenvalue weighted by Crippen LogP contribution is 2.29. The summed E-state index contributed by atoms with van der Waals surface area (Å²) in [6.07, 6.45) is 0. The minimum Gasteiger partial charge on any atom is -0.507 e. The standard InChI is InChI=1S/C10H14N2O3/c1-5-2-3-6(10(14)15)9(13)8(5)7(12)4-11/h2-3,7,13H,4,11-12H2,1H3,(H,14,15)/t7-/m0/s1. The van der Waals surface area contributed by atoms with Gasteiger partial charge in [0.2, 0.25) is 0 Å². The van der Waals surface area contributed by atoms with E-state index in [4.69, 9.17) is 16.6 Å². The maximum absolute atomic E-state index is 10.8. The van der Waals surface area contributed by atoms with Gasteiger partial charge >= 0.3 is 5.97 Å². The molecule has 0 fully saturated rings. The molecule has 0 unspecified atom stereocenters. The predicted octanol–water partition coefficient (Wildman–Crippen LogP) is 0.357. The first-order chi connectivity index (χ1) is 6.99. The smallest absolute Gasteiger partial charge is 0.339 e. The lowest BCUT2D eigenvalue weighted by Crippen LogP contribution is -2.22. The molecular weight excluding hydrogens is 196 g/mol. The molecule has 1 aromatic rings. The fourth-order valence-corrected chi connectivity index (χ4v) is 1.47. The Labute approximate surface area is 87.3 Å². The summed E-state index contributed by atoms with van der Waals surface area (Å²) in [6.45, 7) is 1.90. The van der Waals surface area contributed by atoms with Gasteiger partial charge in [0.25, 0.3) is 0 Å². The first kappa shape index (κ1) is 11.5. The first-order valence-corrected chi connectivity index (χ1v) is 4.50. The Bertz CT molecular complexity index is 390.